The second-order valence-electron chi connectivity index (χ2n) is 6.54. The van der Waals surface area contributed by atoms with Gasteiger partial charge in [-0.2, -0.15) is 5.10 Å². The first kappa shape index (κ1) is 16.9. The lowest BCUT2D eigenvalue weighted by molar-refractivity contribution is -0.117. The summed E-state index contributed by atoms with van der Waals surface area (Å²) in [6.45, 7) is 2.61. The molecule has 1 aromatic rings. The minimum absolute atomic E-state index is 0.0361. The number of hydrogen-bond acceptors (Lipinski definition) is 5. The van der Waals surface area contributed by atoms with Crippen LogP contribution in [0.2, 0.25) is 0 Å². The molecule has 1 aliphatic rings. The highest BCUT2D eigenvalue weighted by molar-refractivity contribution is 5.91. The van der Waals surface area contributed by atoms with Crippen molar-refractivity contribution in [2.24, 2.45) is 7.05 Å². The van der Waals surface area contributed by atoms with Crippen molar-refractivity contribution in [3.63, 3.8) is 0 Å². The van der Waals surface area contributed by atoms with E-state index >= 15 is 0 Å². The van der Waals surface area contributed by atoms with Gasteiger partial charge in [-0.05, 0) is 39.9 Å². The first-order valence-corrected chi connectivity index (χ1v) is 7.74. The monoisotopic (exact) mass is 309 g/mol. The van der Waals surface area contributed by atoms with Gasteiger partial charge in [0.1, 0.15) is 0 Å². The Morgan fingerprint density at radius 1 is 1.45 bits per heavy atom. The molecule has 1 aliphatic heterocycles. The zero-order chi connectivity index (χ0) is 16.2. The molecule has 22 heavy (non-hydrogen) atoms. The molecule has 0 radical (unpaired) electrons. The largest absolute Gasteiger partial charge is 0.389 e. The van der Waals surface area contributed by atoms with Crippen LogP contribution < -0.4 is 5.32 Å². The van der Waals surface area contributed by atoms with Crippen LogP contribution in [0.3, 0.4) is 0 Å². The van der Waals surface area contributed by atoms with E-state index in [9.17, 15) is 9.90 Å². The van der Waals surface area contributed by atoms with Gasteiger partial charge in [0.25, 0.3) is 0 Å². The fourth-order valence-electron chi connectivity index (χ4n) is 3.03. The Bertz CT molecular complexity index is 502. The molecule has 0 bridgehead atoms. The summed E-state index contributed by atoms with van der Waals surface area (Å²) in [6, 6.07) is 0. The van der Waals surface area contributed by atoms with Crippen LogP contribution in [0.15, 0.2) is 12.4 Å². The molecular weight excluding hydrogens is 282 g/mol. The van der Waals surface area contributed by atoms with Crippen molar-refractivity contribution in [3.05, 3.63) is 12.4 Å². The van der Waals surface area contributed by atoms with Crippen molar-refractivity contribution in [2.75, 3.05) is 45.6 Å². The van der Waals surface area contributed by atoms with Gasteiger partial charge in [-0.15, -0.1) is 0 Å². The molecule has 1 aromatic heterocycles. The van der Waals surface area contributed by atoms with E-state index < -0.39 is 5.60 Å². The fourth-order valence-corrected chi connectivity index (χ4v) is 3.03. The van der Waals surface area contributed by atoms with Gasteiger partial charge in [0.15, 0.2) is 0 Å². The number of aliphatic hydroxyl groups is 1. The van der Waals surface area contributed by atoms with Crippen molar-refractivity contribution in [1.29, 1.82) is 0 Å². The van der Waals surface area contributed by atoms with Crippen molar-refractivity contribution in [1.82, 2.24) is 19.6 Å². The molecular formula is C15H27N5O2. The SMILES string of the molecule is CN(C)C[C@@]1(O)CCCN(CC(=O)Nc2cnn(C)c2)CC1. The summed E-state index contributed by atoms with van der Waals surface area (Å²) < 4.78 is 1.66. The van der Waals surface area contributed by atoms with E-state index in [0.717, 1.165) is 25.9 Å². The molecule has 7 nitrogen and oxygen atoms in total. The summed E-state index contributed by atoms with van der Waals surface area (Å²) in [7, 11) is 5.76. The first-order valence-electron chi connectivity index (χ1n) is 7.74. The van der Waals surface area contributed by atoms with Crippen molar-refractivity contribution in [3.8, 4) is 0 Å². The molecule has 1 amide bonds. The lowest BCUT2D eigenvalue weighted by atomic mass is 9.94. The van der Waals surface area contributed by atoms with Crippen molar-refractivity contribution < 1.29 is 9.90 Å². The Morgan fingerprint density at radius 3 is 2.86 bits per heavy atom. The van der Waals surface area contributed by atoms with Crippen LogP contribution in [0.4, 0.5) is 5.69 Å². The Kier molecular flexibility index (Phi) is 5.55. The third-order valence-electron chi connectivity index (χ3n) is 3.98. The van der Waals surface area contributed by atoms with E-state index in [1.165, 1.54) is 0 Å². The third-order valence-corrected chi connectivity index (χ3v) is 3.98. The van der Waals surface area contributed by atoms with Gasteiger partial charge in [0.05, 0.1) is 24.0 Å². The highest BCUT2D eigenvalue weighted by Crippen LogP contribution is 2.23. The van der Waals surface area contributed by atoms with E-state index in [2.05, 4.69) is 15.3 Å². The quantitative estimate of drug-likeness (QED) is 0.809. The number of aryl methyl sites for hydroxylation is 1. The maximum Gasteiger partial charge on any atom is 0.238 e. The minimum atomic E-state index is -0.641. The van der Waals surface area contributed by atoms with Crippen LogP contribution in [0.1, 0.15) is 19.3 Å². The Hall–Kier alpha value is -1.44. The number of anilines is 1. The Labute approximate surface area is 131 Å². The third kappa shape index (κ3) is 5.08. The van der Waals surface area contributed by atoms with Gasteiger partial charge in [0.2, 0.25) is 5.91 Å². The summed E-state index contributed by atoms with van der Waals surface area (Å²) in [5.41, 5.74) is 0.0735. The molecule has 0 aromatic carbocycles. The summed E-state index contributed by atoms with van der Waals surface area (Å²) in [4.78, 5) is 16.2. The number of carbonyl (C=O) groups excluding carboxylic acids is 1. The minimum Gasteiger partial charge on any atom is -0.389 e. The number of hydrogen-bond donors (Lipinski definition) is 2. The maximum absolute atomic E-state index is 12.1. The van der Waals surface area contributed by atoms with Crippen LogP contribution in [-0.2, 0) is 11.8 Å². The number of likely N-dealkylation sites (tertiary alicyclic amines) is 1. The molecule has 2 rings (SSSR count). The summed E-state index contributed by atoms with van der Waals surface area (Å²) >= 11 is 0. The van der Waals surface area contributed by atoms with Crippen molar-refractivity contribution >= 4 is 11.6 Å². The van der Waals surface area contributed by atoms with E-state index in [1.54, 1.807) is 17.1 Å². The van der Waals surface area contributed by atoms with E-state index in [-0.39, 0.29) is 5.91 Å². The van der Waals surface area contributed by atoms with E-state index in [1.807, 2.05) is 26.0 Å². The predicted molar refractivity (Wildman–Crippen MR) is 85.6 cm³/mol. The fraction of sp³-hybridized carbons (Fsp3) is 0.733. The molecule has 2 N–H and O–H groups in total. The molecule has 1 saturated heterocycles. The van der Waals surface area contributed by atoms with Gasteiger partial charge in [-0.3, -0.25) is 14.4 Å². The number of carbonyl (C=O) groups is 1. The average Bonchev–Trinajstić information content (AvgIpc) is 2.71. The van der Waals surface area contributed by atoms with Crippen molar-refractivity contribution in [2.45, 2.75) is 24.9 Å². The normalized spacial score (nSPS) is 23.5. The lowest BCUT2D eigenvalue weighted by Crippen LogP contribution is -2.41. The lowest BCUT2D eigenvalue weighted by Gasteiger charge is -2.29. The van der Waals surface area contributed by atoms with Gasteiger partial charge >= 0.3 is 0 Å². The molecule has 1 atom stereocenters. The van der Waals surface area contributed by atoms with E-state index in [4.69, 9.17) is 0 Å². The van der Waals surface area contributed by atoms with Gasteiger partial charge in [0, 0.05) is 26.3 Å². The number of nitrogens with one attached hydrogen (secondary N) is 1. The molecule has 2 heterocycles. The maximum atomic E-state index is 12.1. The van der Waals surface area contributed by atoms with Gasteiger partial charge < -0.3 is 15.3 Å². The number of nitrogens with zero attached hydrogens (tertiary/aromatic N) is 4. The number of likely N-dealkylation sites (N-methyl/N-ethyl adjacent to an activating group) is 1. The van der Waals surface area contributed by atoms with Gasteiger partial charge in [-0.1, -0.05) is 0 Å². The van der Waals surface area contributed by atoms with Crippen LogP contribution in [0.25, 0.3) is 0 Å². The van der Waals surface area contributed by atoms with E-state index in [0.29, 0.717) is 25.2 Å². The first-order chi connectivity index (χ1) is 10.4. The molecule has 0 aliphatic carbocycles. The topological polar surface area (TPSA) is 73.6 Å². The van der Waals surface area contributed by atoms with Crippen LogP contribution in [0.5, 0.6) is 0 Å². The van der Waals surface area contributed by atoms with Crippen LogP contribution in [0, 0.1) is 0 Å². The second-order valence-corrected chi connectivity index (χ2v) is 6.54. The zero-order valence-corrected chi connectivity index (χ0v) is 13.7. The van der Waals surface area contributed by atoms with Gasteiger partial charge in [-0.25, -0.2) is 0 Å². The molecule has 124 valence electrons. The molecule has 0 unspecified atom stereocenters. The number of rotatable bonds is 5. The van der Waals surface area contributed by atoms with Crippen LogP contribution in [-0.4, -0.2) is 76.5 Å². The second kappa shape index (κ2) is 7.21. The molecule has 0 spiro atoms. The predicted octanol–water partition coefficient (Wildman–Crippen LogP) is 0.137. The molecule has 0 saturated carbocycles. The van der Waals surface area contributed by atoms with Crippen LogP contribution >= 0.6 is 0 Å². The Morgan fingerprint density at radius 2 is 2.23 bits per heavy atom. The Balaban J connectivity index is 1.82. The summed E-state index contributed by atoms with van der Waals surface area (Å²) in [5.74, 6) is -0.0361. The summed E-state index contributed by atoms with van der Waals surface area (Å²) in [6.07, 6.45) is 5.80. The number of amides is 1. The molecule has 1 fully saturated rings. The highest BCUT2D eigenvalue weighted by atomic mass is 16.3. The molecule has 7 heteroatoms. The number of aromatic nitrogens is 2. The zero-order valence-electron chi connectivity index (χ0n) is 13.7. The average molecular weight is 309 g/mol. The summed E-state index contributed by atoms with van der Waals surface area (Å²) in [5, 5.41) is 17.5. The highest BCUT2D eigenvalue weighted by Gasteiger charge is 2.31. The smallest absolute Gasteiger partial charge is 0.238 e. The standard InChI is InChI=1S/C15H27N5O2/c1-18(2)12-15(22)5-4-7-20(8-6-15)11-14(21)17-13-9-16-19(3)10-13/h9-10,22H,4-8,11-12H2,1-3H3,(H,17,21)/t15-/m1/s1.